The van der Waals surface area contributed by atoms with Gasteiger partial charge in [-0.05, 0) is 24.3 Å². The van der Waals surface area contributed by atoms with Gasteiger partial charge >= 0.3 is 0 Å². The highest BCUT2D eigenvalue weighted by Crippen LogP contribution is 2.25. The van der Waals surface area contributed by atoms with Crippen LogP contribution >= 0.6 is 0 Å². The number of ether oxygens (including phenoxy) is 1. The van der Waals surface area contributed by atoms with E-state index >= 15 is 0 Å². The highest BCUT2D eigenvalue weighted by molar-refractivity contribution is 6.03. The van der Waals surface area contributed by atoms with Gasteiger partial charge in [0.1, 0.15) is 17.0 Å². The summed E-state index contributed by atoms with van der Waals surface area (Å²) in [7, 11) is 0. The molecule has 0 saturated carbocycles. The maximum atomic E-state index is 12.5. The van der Waals surface area contributed by atoms with Crippen LogP contribution in [-0.4, -0.2) is 60.4 Å². The summed E-state index contributed by atoms with van der Waals surface area (Å²) in [6.07, 6.45) is 0. The van der Waals surface area contributed by atoms with Crippen LogP contribution in [0.4, 0.5) is 17.5 Å². The van der Waals surface area contributed by atoms with E-state index in [1.54, 1.807) is 30.3 Å². The molecule has 2 aromatic heterocycles. The highest BCUT2D eigenvalue weighted by atomic mass is 16.5. The number of amides is 1. The lowest BCUT2D eigenvalue weighted by atomic mass is 10.2. The minimum Gasteiger partial charge on any atom is -0.423 e. The number of aliphatic hydroxyl groups excluding tert-OH is 1. The molecule has 1 amide bonds. The minimum atomic E-state index is -0.333. The number of rotatable bonds is 6. The van der Waals surface area contributed by atoms with E-state index in [1.165, 1.54) is 0 Å². The molecule has 0 radical (unpaired) electrons. The molecule has 9 heteroatoms. The zero-order chi connectivity index (χ0) is 19.3. The average Bonchev–Trinajstić information content (AvgIpc) is 3.16. The van der Waals surface area contributed by atoms with Crippen molar-refractivity contribution in [2.45, 2.75) is 0 Å². The van der Waals surface area contributed by atoms with Gasteiger partial charge < -0.3 is 29.8 Å². The number of aromatic nitrogens is 2. The number of oxazole rings is 1. The van der Waals surface area contributed by atoms with Crippen LogP contribution in [0.5, 0.6) is 0 Å². The zero-order valence-electron chi connectivity index (χ0n) is 15.2. The number of morpholine rings is 1. The summed E-state index contributed by atoms with van der Waals surface area (Å²) in [5, 5.41) is 14.6. The van der Waals surface area contributed by atoms with Crippen molar-refractivity contribution in [1.82, 2.24) is 9.97 Å². The molecule has 3 heterocycles. The van der Waals surface area contributed by atoms with Crippen molar-refractivity contribution >= 4 is 34.5 Å². The van der Waals surface area contributed by atoms with Gasteiger partial charge in [0, 0.05) is 31.4 Å². The fourth-order valence-corrected chi connectivity index (χ4v) is 2.92. The molecule has 146 valence electrons. The third-order valence-electron chi connectivity index (χ3n) is 4.32. The van der Waals surface area contributed by atoms with Gasteiger partial charge in [0.15, 0.2) is 5.58 Å². The van der Waals surface area contributed by atoms with Gasteiger partial charge in [-0.2, -0.15) is 4.98 Å². The number of fused-ring (bicyclic) bond motifs is 1. The number of hydrogen-bond acceptors (Lipinski definition) is 8. The van der Waals surface area contributed by atoms with E-state index in [0.717, 1.165) is 18.6 Å². The largest absolute Gasteiger partial charge is 0.423 e. The highest BCUT2D eigenvalue weighted by Gasteiger charge is 2.17. The van der Waals surface area contributed by atoms with E-state index in [1.807, 2.05) is 11.0 Å². The topological polar surface area (TPSA) is 113 Å². The van der Waals surface area contributed by atoms with E-state index < -0.39 is 0 Å². The fraction of sp³-hybridized carbons (Fsp3) is 0.316. The zero-order valence-corrected chi connectivity index (χ0v) is 15.2. The number of hydrogen-bond donors (Lipinski definition) is 3. The van der Waals surface area contributed by atoms with Gasteiger partial charge in [-0.15, -0.1) is 0 Å². The van der Waals surface area contributed by atoms with Gasteiger partial charge in [-0.3, -0.25) is 4.79 Å². The Labute approximate surface area is 161 Å². The molecule has 1 aliphatic heterocycles. The van der Waals surface area contributed by atoms with Gasteiger partial charge in [-0.1, -0.05) is 6.07 Å². The third-order valence-corrected chi connectivity index (χ3v) is 4.32. The summed E-state index contributed by atoms with van der Waals surface area (Å²) < 4.78 is 11.2. The van der Waals surface area contributed by atoms with Gasteiger partial charge in [0.25, 0.3) is 11.9 Å². The SMILES string of the molecule is O=C(Nc1ccc2nc(N3CCOCC3)oc2c1)c1cccc(NCCO)n1. The van der Waals surface area contributed by atoms with E-state index in [2.05, 4.69) is 20.6 Å². The second kappa shape index (κ2) is 8.24. The van der Waals surface area contributed by atoms with Gasteiger partial charge in [0.2, 0.25) is 0 Å². The minimum absolute atomic E-state index is 0.0122. The van der Waals surface area contributed by atoms with Crippen molar-refractivity contribution in [3.05, 3.63) is 42.1 Å². The van der Waals surface area contributed by atoms with Crippen LogP contribution < -0.4 is 15.5 Å². The average molecular weight is 383 g/mol. The second-order valence-electron chi connectivity index (χ2n) is 6.29. The van der Waals surface area contributed by atoms with E-state index in [9.17, 15) is 4.79 Å². The number of nitrogens with one attached hydrogen (secondary N) is 2. The molecule has 3 aromatic rings. The summed E-state index contributed by atoms with van der Waals surface area (Å²) in [5.41, 5.74) is 2.20. The Hall–Kier alpha value is -3.17. The first-order chi connectivity index (χ1) is 13.7. The first kappa shape index (κ1) is 18.2. The van der Waals surface area contributed by atoms with Crippen molar-refractivity contribution in [2.24, 2.45) is 0 Å². The molecule has 4 rings (SSSR count). The van der Waals surface area contributed by atoms with E-state index in [4.69, 9.17) is 14.3 Å². The Morgan fingerprint density at radius 1 is 1.18 bits per heavy atom. The number of nitrogens with zero attached hydrogens (tertiary/aromatic N) is 3. The first-order valence-electron chi connectivity index (χ1n) is 9.09. The maximum absolute atomic E-state index is 12.5. The summed E-state index contributed by atoms with van der Waals surface area (Å²) in [6.45, 7) is 3.14. The molecule has 9 nitrogen and oxygen atoms in total. The lowest BCUT2D eigenvalue weighted by molar-refractivity contribution is 0.102. The Balaban J connectivity index is 1.49. The molecule has 1 aromatic carbocycles. The van der Waals surface area contributed by atoms with Gasteiger partial charge in [0.05, 0.1) is 19.8 Å². The molecule has 0 unspecified atom stereocenters. The summed E-state index contributed by atoms with van der Waals surface area (Å²) in [4.78, 5) is 23.3. The number of pyridine rings is 1. The predicted octanol–water partition coefficient (Wildman–Crippen LogP) is 1.72. The van der Waals surface area contributed by atoms with Crippen molar-refractivity contribution in [3.8, 4) is 0 Å². The molecular formula is C19H21N5O4. The van der Waals surface area contributed by atoms with Gasteiger partial charge in [-0.25, -0.2) is 4.98 Å². The normalized spacial score (nSPS) is 14.2. The standard InChI is InChI=1S/C19H21N5O4/c25-9-6-20-17-3-1-2-15(22-17)18(26)21-13-4-5-14-16(12-13)28-19(23-14)24-7-10-27-11-8-24/h1-5,12,25H,6-11H2,(H,20,22)(H,21,26). The Bertz CT molecular complexity index is 968. The maximum Gasteiger partial charge on any atom is 0.298 e. The molecule has 0 spiro atoms. The molecule has 1 fully saturated rings. The second-order valence-corrected chi connectivity index (χ2v) is 6.29. The van der Waals surface area contributed by atoms with Crippen LogP contribution in [0.15, 0.2) is 40.8 Å². The fourth-order valence-electron chi connectivity index (χ4n) is 2.92. The van der Waals surface area contributed by atoms with E-state index in [0.29, 0.717) is 42.9 Å². The lowest BCUT2D eigenvalue weighted by Crippen LogP contribution is -2.36. The quantitative estimate of drug-likeness (QED) is 0.590. The molecule has 0 atom stereocenters. The summed E-state index contributed by atoms with van der Waals surface area (Å²) >= 11 is 0. The molecule has 0 aliphatic carbocycles. The third kappa shape index (κ3) is 4.05. The predicted molar refractivity (Wildman–Crippen MR) is 105 cm³/mol. The Morgan fingerprint density at radius 3 is 2.86 bits per heavy atom. The van der Waals surface area contributed by atoms with Crippen LogP contribution in [0, 0.1) is 0 Å². The van der Waals surface area contributed by atoms with E-state index in [-0.39, 0.29) is 18.2 Å². The van der Waals surface area contributed by atoms with Crippen LogP contribution in [-0.2, 0) is 4.74 Å². The lowest BCUT2D eigenvalue weighted by Gasteiger charge is -2.24. The van der Waals surface area contributed by atoms with Crippen molar-refractivity contribution in [3.63, 3.8) is 0 Å². The first-order valence-corrected chi connectivity index (χ1v) is 9.09. The molecule has 0 bridgehead atoms. The Kier molecular flexibility index (Phi) is 5.36. The summed E-state index contributed by atoms with van der Waals surface area (Å²) in [5.74, 6) is 0.197. The number of carbonyl (C=O) groups excluding carboxylic acids is 1. The number of anilines is 3. The molecule has 1 saturated heterocycles. The van der Waals surface area contributed by atoms with Crippen LogP contribution in [0.2, 0.25) is 0 Å². The van der Waals surface area contributed by atoms with Crippen molar-refractivity contribution in [1.29, 1.82) is 0 Å². The molecule has 3 N–H and O–H groups in total. The summed E-state index contributed by atoms with van der Waals surface area (Å²) in [6, 6.07) is 11.0. The number of carbonyl (C=O) groups is 1. The number of benzene rings is 1. The Morgan fingerprint density at radius 2 is 2.04 bits per heavy atom. The molecule has 1 aliphatic rings. The molecular weight excluding hydrogens is 362 g/mol. The monoisotopic (exact) mass is 383 g/mol. The van der Waals surface area contributed by atoms with Crippen molar-refractivity contribution < 1.29 is 19.1 Å². The molecule has 28 heavy (non-hydrogen) atoms. The van der Waals surface area contributed by atoms with Crippen LogP contribution in [0.3, 0.4) is 0 Å². The van der Waals surface area contributed by atoms with Crippen LogP contribution in [0.1, 0.15) is 10.5 Å². The van der Waals surface area contributed by atoms with Crippen molar-refractivity contribution in [2.75, 3.05) is 55.0 Å². The number of aliphatic hydroxyl groups is 1. The smallest absolute Gasteiger partial charge is 0.298 e. The van der Waals surface area contributed by atoms with Crippen LogP contribution in [0.25, 0.3) is 11.1 Å².